The molecule has 0 aliphatic rings. The fourth-order valence-electron chi connectivity index (χ4n) is 2.73. The molecule has 3 nitrogen and oxygen atoms in total. The van der Waals surface area contributed by atoms with Crippen LogP contribution in [-0.4, -0.2) is 16.0 Å². The van der Waals surface area contributed by atoms with Crippen LogP contribution in [0.15, 0.2) is 23.4 Å². The number of hydrogen-bond acceptors (Lipinski definition) is 3. The number of rotatable bonds is 11. The lowest BCUT2D eigenvalue weighted by atomic mass is 10.00. The minimum absolute atomic E-state index is 0.228. The molecule has 0 heterocycles. The van der Waals surface area contributed by atoms with E-state index in [-0.39, 0.29) is 5.75 Å². The van der Waals surface area contributed by atoms with Gasteiger partial charge in [-0.2, -0.15) is 0 Å². The lowest BCUT2D eigenvalue weighted by molar-refractivity contribution is 0.317. The molecule has 1 rings (SSSR count). The van der Waals surface area contributed by atoms with Crippen molar-refractivity contribution < 1.29 is 10.3 Å². The minimum Gasteiger partial charge on any atom is -0.507 e. The van der Waals surface area contributed by atoms with Crippen LogP contribution >= 0.6 is 0 Å². The molecule has 0 aliphatic carbocycles. The van der Waals surface area contributed by atoms with Gasteiger partial charge >= 0.3 is 0 Å². The van der Waals surface area contributed by atoms with Gasteiger partial charge < -0.3 is 10.3 Å². The smallest absolute Gasteiger partial charge is 0.127 e. The van der Waals surface area contributed by atoms with Gasteiger partial charge in [0.15, 0.2) is 0 Å². The average Bonchev–Trinajstić information content (AvgIpc) is 2.53. The van der Waals surface area contributed by atoms with E-state index in [2.05, 4.69) is 12.1 Å². The van der Waals surface area contributed by atoms with Crippen LogP contribution < -0.4 is 0 Å². The third kappa shape index (κ3) is 6.50. The third-order valence-electron chi connectivity index (χ3n) is 4.19. The Balaban J connectivity index is 2.24. The highest BCUT2D eigenvalue weighted by molar-refractivity contribution is 6.02. The highest BCUT2D eigenvalue weighted by atomic mass is 16.4. The van der Waals surface area contributed by atoms with Crippen LogP contribution in [0.5, 0.6) is 5.75 Å². The van der Waals surface area contributed by atoms with E-state index in [4.69, 9.17) is 0 Å². The Morgan fingerprint density at radius 3 is 2.14 bits per heavy atom. The lowest BCUT2D eigenvalue weighted by Crippen LogP contribution is -2.02. The van der Waals surface area contributed by atoms with Crippen LogP contribution in [0.2, 0.25) is 0 Å². The Morgan fingerprint density at radius 2 is 1.55 bits per heavy atom. The number of nitrogens with zero attached hydrogens (tertiary/aromatic N) is 1. The number of aryl methyl sites for hydroxylation is 1. The molecular weight excluding hydrogens is 274 g/mol. The summed E-state index contributed by atoms with van der Waals surface area (Å²) in [7, 11) is 0. The van der Waals surface area contributed by atoms with E-state index in [9.17, 15) is 10.3 Å². The SMILES string of the molecule is CCCCCCCCCCC/C(=N\O)c1cccc(C)c1O. The Kier molecular flexibility index (Phi) is 9.36. The molecule has 0 saturated carbocycles. The number of oxime groups is 1. The van der Waals surface area contributed by atoms with Crippen molar-refractivity contribution in [2.75, 3.05) is 0 Å². The van der Waals surface area contributed by atoms with E-state index in [0.717, 1.165) is 18.4 Å². The Hall–Kier alpha value is -1.51. The zero-order chi connectivity index (χ0) is 16.2. The lowest BCUT2D eigenvalue weighted by Gasteiger charge is -2.09. The van der Waals surface area contributed by atoms with Crippen LogP contribution in [0.1, 0.15) is 82.3 Å². The molecule has 0 radical (unpaired) electrons. The molecule has 0 saturated heterocycles. The highest BCUT2D eigenvalue weighted by Crippen LogP contribution is 2.24. The van der Waals surface area contributed by atoms with Gasteiger partial charge in [0.2, 0.25) is 0 Å². The minimum atomic E-state index is 0.228. The zero-order valence-corrected chi connectivity index (χ0v) is 14.1. The molecule has 0 fully saturated rings. The molecule has 1 aromatic rings. The first-order chi connectivity index (χ1) is 10.7. The van der Waals surface area contributed by atoms with Gasteiger partial charge in [-0.1, -0.05) is 75.6 Å². The molecular formula is C19H31NO2. The summed E-state index contributed by atoms with van der Waals surface area (Å²) < 4.78 is 0. The number of unbranched alkanes of at least 4 members (excludes halogenated alkanes) is 8. The monoisotopic (exact) mass is 305 g/mol. The summed E-state index contributed by atoms with van der Waals surface area (Å²) in [5.41, 5.74) is 2.05. The van der Waals surface area contributed by atoms with Crippen LogP contribution in [0.4, 0.5) is 0 Å². The van der Waals surface area contributed by atoms with Gasteiger partial charge in [-0.25, -0.2) is 0 Å². The third-order valence-corrected chi connectivity index (χ3v) is 4.19. The van der Waals surface area contributed by atoms with E-state index < -0.39 is 0 Å². The molecule has 0 aromatic heterocycles. The number of hydrogen-bond donors (Lipinski definition) is 2. The Bertz CT molecular complexity index is 455. The molecule has 0 atom stereocenters. The van der Waals surface area contributed by atoms with Crippen molar-refractivity contribution in [2.45, 2.75) is 78.1 Å². The second kappa shape index (κ2) is 11.1. The summed E-state index contributed by atoms with van der Waals surface area (Å²) >= 11 is 0. The van der Waals surface area contributed by atoms with E-state index in [0.29, 0.717) is 17.7 Å². The molecule has 0 bridgehead atoms. The van der Waals surface area contributed by atoms with Crippen LogP contribution in [0.25, 0.3) is 0 Å². The van der Waals surface area contributed by atoms with Gasteiger partial charge in [-0.3, -0.25) is 0 Å². The first-order valence-electron chi connectivity index (χ1n) is 8.70. The van der Waals surface area contributed by atoms with Crippen molar-refractivity contribution in [3.63, 3.8) is 0 Å². The van der Waals surface area contributed by atoms with Crippen LogP contribution in [0, 0.1) is 6.92 Å². The van der Waals surface area contributed by atoms with Gasteiger partial charge in [0, 0.05) is 5.56 Å². The maximum absolute atomic E-state index is 10.1. The van der Waals surface area contributed by atoms with Crippen molar-refractivity contribution in [1.82, 2.24) is 0 Å². The summed E-state index contributed by atoms with van der Waals surface area (Å²) in [5, 5.41) is 22.6. The first kappa shape index (κ1) is 18.5. The maximum atomic E-state index is 10.1. The Morgan fingerprint density at radius 1 is 0.955 bits per heavy atom. The van der Waals surface area contributed by atoms with Crippen molar-refractivity contribution in [1.29, 1.82) is 0 Å². The average molecular weight is 305 g/mol. The molecule has 0 aliphatic heterocycles. The van der Waals surface area contributed by atoms with E-state index in [1.165, 1.54) is 44.9 Å². The Labute approximate surface area is 135 Å². The van der Waals surface area contributed by atoms with E-state index >= 15 is 0 Å². The van der Waals surface area contributed by atoms with Gasteiger partial charge in [-0.05, 0) is 31.4 Å². The molecule has 2 N–H and O–H groups in total. The van der Waals surface area contributed by atoms with Crippen molar-refractivity contribution in [3.8, 4) is 5.75 Å². The van der Waals surface area contributed by atoms with Gasteiger partial charge in [0.25, 0.3) is 0 Å². The molecule has 124 valence electrons. The second-order valence-electron chi connectivity index (χ2n) is 6.10. The summed E-state index contributed by atoms with van der Waals surface area (Å²) in [6.07, 6.45) is 12.1. The number of phenols is 1. The van der Waals surface area contributed by atoms with Gasteiger partial charge in [-0.15, -0.1) is 0 Å². The summed E-state index contributed by atoms with van der Waals surface area (Å²) in [4.78, 5) is 0. The molecule has 1 aromatic carbocycles. The fraction of sp³-hybridized carbons (Fsp3) is 0.632. The van der Waals surface area contributed by atoms with Gasteiger partial charge in [0.05, 0.1) is 5.71 Å². The summed E-state index contributed by atoms with van der Waals surface area (Å²) in [6.45, 7) is 4.10. The number of benzene rings is 1. The summed E-state index contributed by atoms with van der Waals surface area (Å²) in [6, 6.07) is 5.54. The zero-order valence-electron chi connectivity index (χ0n) is 14.1. The molecule has 0 unspecified atom stereocenters. The van der Waals surface area contributed by atoms with E-state index in [1.54, 1.807) is 0 Å². The van der Waals surface area contributed by atoms with Crippen LogP contribution in [-0.2, 0) is 0 Å². The highest BCUT2D eigenvalue weighted by Gasteiger charge is 2.11. The number of phenolic OH excluding ortho intramolecular Hbond substituents is 1. The second-order valence-corrected chi connectivity index (χ2v) is 6.10. The van der Waals surface area contributed by atoms with Gasteiger partial charge in [0.1, 0.15) is 5.75 Å². The van der Waals surface area contributed by atoms with E-state index in [1.807, 2.05) is 25.1 Å². The predicted octanol–water partition coefficient (Wildman–Crippen LogP) is 5.80. The quantitative estimate of drug-likeness (QED) is 0.235. The first-order valence-corrected chi connectivity index (χ1v) is 8.70. The van der Waals surface area contributed by atoms with Crippen LogP contribution in [0.3, 0.4) is 0 Å². The number of para-hydroxylation sites is 1. The molecule has 0 amide bonds. The molecule has 0 spiro atoms. The summed E-state index contributed by atoms with van der Waals surface area (Å²) in [5.74, 6) is 0.228. The topological polar surface area (TPSA) is 52.8 Å². The standard InChI is InChI=1S/C19H31NO2/c1-3-4-5-6-7-8-9-10-11-15-18(20-22)17-14-12-13-16(2)19(17)21/h12-14,21-22H,3-11,15H2,1-2H3/b20-18+. The normalized spacial score (nSPS) is 11.8. The van der Waals surface area contributed by atoms with Crippen molar-refractivity contribution in [3.05, 3.63) is 29.3 Å². The van der Waals surface area contributed by atoms with Crippen molar-refractivity contribution >= 4 is 5.71 Å². The van der Waals surface area contributed by atoms with Crippen molar-refractivity contribution in [2.24, 2.45) is 5.16 Å². The number of aromatic hydroxyl groups is 1. The molecule has 3 heteroatoms. The fourth-order valence-corrected chi connectivity index (χ4v) is 2.73. The predicted molar refractivity (Wildman–Crippen MR) is 93.0 cm³/mol. The largest absolute Gasteiger partial charge is 0.507 e. The maximum Gasteiger partial charge on any atom is 0.127 e. The molecule has 22 heavy (non-hydrogen) atoms.